The molecule has 1 aromatic carbocycles. The Labute approximate surface area is 151 Å². The summed E-state index contributed by atoms with van der Waals surface area (Å²) in [6.45, 7) is 1.15. The number of carbonyl (C=O) groups is 2. The molecule has 1 unspecified atom stereocenters. The molecule has 1 atom stereocenters. The van der Waals surface area contributed by atoms with Crippen LogP contribution < -0.4 is 11.1 Å². The molecule has 1 aliphatic rings. The normalized spacial score (nSPS) is 16.5. The van der Waals surface area contributed by atoms with Crippen LogP contribution in [0.2, 0.25) is 10.0 Å². The van der Waals surface area contributed by atoms with Crippen molar-refractivity contribution in [1.82, 2.24) is 4.90 Å². The quantitative estimate of drug-likeness (QED) is 0.827. The van der Waals surface area contributed by atoms with E-state index in [0.29, 0.717) is 28.9 Å². The van der Waals surface area contributed by atoms with Gasteiger partial charge in [0, 0.05) is 25.9 Å². The Morgan fingerprint density at radius 1 is 1.33 bits per heavy atom. The van der Waals surface area contributed by atoms with Gasteiger partial charge in [0.25, 0.3) is 0 Å². The van der Waals surface area contributed by atoms with Crippen molar-refractivity contribution in [1.29, 1.82) is 0 Å². The number of anilines is 1. The van der Waals surface area contributed by atoms with Crippen LogP contribution >= 0.6 is 23.2 Å². The zero-order valence-corrected chi connectivity index (χ0v) is 14.9. The Hall–Kier alpha value is -1.34. The van der Waals surface area contributed by atoms with E-state index >= 15 is 0 Å². The molecule has 24 heavy (non-hydrogen) atoms. The lowest BCUT2D eigenvalue weighted by Gasteiger charge is -2.29. The van der Waals surface area contributed by atoms with Crippen LogP contribution in [0.5, 0.6) is 0 Å². The highest BCUT2D eigenvalue weighted by Gasteiger charge is 2.29. The van der Waals surface area contributed by atoms with Gasteiger partial charge in [-0.2, -0.15) is 0 Å². The fourth-order valence-electron chi connectivity index (χ4n) is 2.60. The van der Waals surface area contributed by atoms with Crippen molar-refractivity contribution in [3.05, 3.63) is 28.2 Å². The molecule has 0 radical (unpaired) electrons. The SMILES string of the molecule is CN(CC(=O)Nc1ccc(Cl)c(Cl)c1)C(=O)C(N)C1CCOCC1. The van der Waals surface area contributed by atoms with Gasteiger partial charge in [0.2, 0.25) is 11.8 Å². The number of nitrogens with zero attached hydrogens (tertiary/aromatic N) is 1. The zero-order valence-electron chi connectivity index (χ0n) is 13.4. The van der Waals surface area contributed by atoms with E-state index in [2.05, 4.69) is 5.32 Å². The third-order valence-corrected chi connectivity index (χ3v) is 4.76. The number of ether oxygens (including phenoxy) is 1. The predicted molar refractivity (Wildman–Crippen MR) is 94.2 cm³/mol. The molecule has 1 fully saturated rings. The molecule has 1 saturated heterocycles. The first-order valence-corrected chi connectivity index (χ1v) is 8.47. The van der Waals surface area contributed by atoms with Gasteiger partial charge in [0.05, 0.1) is 22.6 Å². The molecule has 132 valence electrons. The number of likely N-dealkylation sites (N-methyl/N-ethyl adjacent to an activating group) is 1. The average Bonchev–Trinajstić information content (AvgIpc) is 2.57. The molecule has 0 aliphatic carbocycles. The minimum absolute atomic E-state index is 0.0873. The van der Waals surface area contributed by atoms with E-state index in [1.165, 1.54) is 4.90 Å². The standard InChI is InChI=1S/C16H21Cl2N3O3/c1-21(16(23)15(19)10-4-6-24-7-5-10)9-14(22)20-11-2-3-12(17)13(18)8-11/h2-3,8,10,15H,4-7,9,19H2,1H3,(H,20,22). The number of amides is 2. The van der Waals surface area contributed by atoms with E-state index in [1.54, 1.807) is 25.2 Å². The summed E-state index contributed by atoms with van der Waals surface area (Å²) < 4.78 is 5.27. The van der Waals surface area contributed by atoms with E-state index < -0.39 is 6.04 Å². The minimum Gasteiger partial charge on any atom is -0.381 e. The molecule has 0 bridgehead atoms. The summed E-state index contributed by atoms with van der Waals surface area (Å²) in [5.41, 5.74) is 6.56. The molecule has 1 aliphatic heterocycles. The van der Waals surface area contributed by atoms with Gasteiger partial charge in [0.15, 0.2) is 0 Å². The molecular weight excluding hydrogens is 353 g/mol. The first-order valence-electron chi connectivity index (χ1n) is 7.71. The number of halogens is 2. The number of nitrogens with one attached hydrogen (secondary N) is 1. The van der Waals surface area contributed by atoms with Crippen LogP contribution in [0.15, 0.2) is 18.2 Å². The smallest absolute Gasteiger partial charge is 0.243 e. The topological polar surface area (TPSA) is 84.7 Å². The number of carbonyl (C=O) groups excluding carboxylic acids is 2. The summed E-state index contributed by atoms with van der Waals surface area (Å²) in [5.74, 6) is -0.485. The Morgan fingerprint density at radius 2 is 2.00 bits per heavy atom. The maximum absolute atomic E-state index is 12.4. The highest BCUT2D eigenvalue weighted by Crippen LogP contribution is 2.25. The maximum Gasteiger partial charge on any atom is 0.243 e. The second kappa shape index (κ2) is 8.67. The Bertz CT molecular complexity index is 606. The minimum atomic E-state index is -0.614. The van der Waals surface area contributed by atoms with Crippen molar-refractivity contribution in [3.8, 4) is 0 Å². The van der Waals surface area contributed by atoms with E-state index in [1.807, 2.05) is 0 Å². The van der Waals surface area contributed by atoms with Crippen LogP contribution in [0.4, 0.5) is 5.69 Å². The second-order valence-electron chi connectivity index (χ2n) is 5.85. The van der Waals surface area contributed by atoms with Gasteiger partial charge in [-0.25, -0.2) is 0 Å². The van der Waals surface area contributed by atoms with Crippen molar-refractivity contribution in [3.63, 3.8) is 0 Å². The second-order valence-corrected chi connectivity index (χ2v) is 6.66. The lowest BCUT2D eigenvalue weighted by atomic mass is 9.91. The predicted octanol–water partition coefficient (Wildman–Crippen LogP) is 2.14. The van der Waals surface area contributed by atoms with Crippen molar-refractivity contribution in [2.75, 3.05) is 32.1 Å². The van der Waals surface area contributed by atoms with Gasteiger partial charge in [-0.1, -0.05) is 23.2 Å². The summed E-state index contributed by atoms with van der Waals surface area (Å²) >= 11 is 11.7. The van der Waals surface area contributed by atoms with Gasteiger partial charge in [-0.05, 0) is 37.0 Å². The summed E-state index contributed by atoms with van der Waals surface area (Å²) in [6.07, 6.45) is 1.52. The Kier molecular flexibility index (Phi) is 6.86. The molecule has 0 spiro atoms. The van der Waals surface area contributed by atoms with Crippen LogP contribution in [0.3, 0.4) is 0 Å². The molecule has 2 amide bonds. The number of nitrogens with two attached hydrogens (primary N) is 1. The van der Waals surface area contributed by atoms with Crippen LogP contribution in [-0.4, -0.2) is 49.6 Å². The summed E-state index contributed by atoms with van der Waals surface area (Å²) in [7, 11) is 1.57. The molecule has 2 rings (SSSR count). The monoisotopic (exact) mass is 373 g/mol. The third kappa shape index (κ3) is 5.08. The van der Waals surface area contributed by atoms with Crippen LogP contribution in [0.1, 0.15) is 12.8 Å². The van der Waals surface area contributed by atoms with Gasteiger partial charge < -0.3 is 20.7 Å². The molecule has 8 heteroatoms. The van der Waals surface area contributed by atoms with Gasteiger partial charge >= 0.3 is 0 Å². The lowest BCUT2D eigenvalue weighted by molar-refractivity contribution is -0.136. The van der Waals surface area contributed by atoms with E-state index in [0.717, 1.165) is 12.8 Å². The lowest BCUT2D eigenvalue weighted by Crippen LogP contribution is -2.49. The molecule has 1 aromatic rings. The number of rotatable bonds is 5. The Morgan fingerprint density at radius 3 is 2.62 bits per heavy atom. The molecule has 0 saturated carbocycles. The maximum atomic E-state index is 12.4. The van der Waals surface area contributed by atoms with Crippen molar-refractivity contribution < 1.29 is 14.3 Å². The zero-order chi connectivity index (χ0) is 17.7. The summed E-state index contributed by atoms with van der Waals surface area (Å²) in [4.78, 5) is 25.8. The number of benzene rings is 1. The highest BCUT2D eigenvalue weighted by atomic mass is 35.5. The summed E-state index contributed by atoms with van der Waals surface area (Å²) in [5, 5.41) is 3.43. The molecule has 3 N–H and O–H groups in total. The fraction of sp³-hybridized carbons (Fsp3) is 0.500. The van der Waals surface area contributed by atoms with Crippen LogP contribution in [0.25, 0.3) is 0 Å². The van der Waals surface area contributed by atoms with Gasteiger partial charge in [-0.3, -0.25) is 9.59 Å². The number of hydrogen-bond acceptors (Lipinski definition) is 4. The van der Waals surface area contributed by atoms with Gasteiger partial charge in [-0.15, -0.1) is 0 Å². The molecule has 6 nitrogen and oxygen atoms in total. The first-order chi connectivity index (χ1) is 11.4. The fourth-order valence-corrected chi connectivity index (χ4v) is 2.90. The Balaban J connectivity index is 1.87. The largest absolute Gasteiger partial charge is 0.381 e. The first kappa shape index (κ1) is 19.0. The van der Waals surface area contributed by atoms with E-state index in [-0.39, 0.29) is 24.3 Å². The molecular formula is C16H21Cl2N3O3. The van der Waals surface area contributed by atoms with E-state index in [4.69, 9.17) is 33.7 Å². The van der Waals surface area contributed by atoms with Crippen molar-refractivity contribution in [2.24, 2.45) is 11.7 Å². The third-order valence-electron chi connectivity index (χ3n) is 4.02. The van der Waals surface area contributed by atoms with E-state index in [9.17, 15) is 9.59 Å². The van der Waals surface area contributed by atoms with Crippen LogP contribution in [0, 0.1) is 5.92 Å². The average molecular weight is 374 g/mol. The van der Waals surface area contributed by atoms with Crippen molar-refractivity contribution >= 4 is 40.7 Å². The molecule has 0 aromatic heterocycles. The van der Waals surface area contributed by atoms with Crippen molar-refractivity contribution in [2.45, 2.75) is 18.9 Å². The molecule has 1 heterocycles. The summed E-state index contributed by atoms with van der Waals surface area (Å²) in [6, 6.07) is 4.17. The van der Waals surface area contributed by atoms with Gasteiger partial charge in [0.1, 0.15) is 0 Å². The highest BCUT2D eigenvalue weighted by molar-refractivity contribution is 6.42. The number of hydrogen-bond donors (Lipinski definition) is 2. The van der Waals surface area contributed by atoms with Crippen LogP contribution in [-0.2, 0) is 14.3 Å².